The summed E-state index contributed by atoms with van der Waals surface area (Å²) in [5.74, 6) is 0.204. The zero-order valence-corrected chi connectivity index (χ0v) is 17.1. The highest BCUT2D eigenvalue weighted by atomic mass is 35.5. The van der Waals surface area contributed by atoms with Gasteiger partial charge in [-0.15, -0.1) is 0 Å². The third-order valence-electron chi connectivity index (χ3n) is 4.13. The van der Waals surface area contributed by atoms with E-state index in [9.17, 15) is 9.59 Å². The Morgan fingerprint density at radius 2 is 2.22 bits per heavy atom. The number of amides is 1. The van der Waals surface area contributed by atoms with Crippen LogP contribution >= 0.6 is 23.4 Å². The van der Waals surface area contributed by atoms with Crippen molar-refractivity contribution in [2.24, 2.45) is 0 Å². The number of hydrogen-bond donors (Lipinski definition) is 1. The monoisotopic (exact) mass is 409 g/mol. The van der Waals surface area contributed by atoms with Gasteiger partial charge in [0.2, 0.25) is 5.91 Å². The lowest BCUT2D eigenvalue weighted by molar-refractivity contribution is -0.118. The Hall–Kier alpha value is -1.57. The normalized spacial score (nSPS) is 14.1. The van der Waals surface area contributed by atoms with Crippen molar-refractivity contribution < 1.29 is 9.53 Å². The van der Waals surface area contributed by atoms with Crippen molar-refractivity contribution in [1.82, 2.24) is 14.9 Å². The summed E-state index contributed by atoms with van der Waals surface area (Å²) in [6.07, 6.45) is 2.94. The lowest BCUT2D eigenvalue weighted by Crippen LogP contribution is -2.28. The van der Waals surface area contributed by atoms with Crippen LogP contribution in [0, 0.1) is 0 Å². The van der Waals surface area contributed by atoms with Crippen molar-refractivity contribution in [1.29, 1.82) is 0 Å². The number of thioether (sulfide) groups is 1. The molecule has 1 aromatic heterocycles. The van der Waals surface area contributed by atoms with Crippen LogP contribution in [0.25, 0.3) is 10.9 Å². The first-order valence-electron chi connectivity index (χ1n) is 9.18. The standard InChI is InChI=1S/C19H24ClN3O3S/c1-12(2)26-9-3-8-23-18(25)15-7-4-13(20)10-16(15)22-19(23)27-11-17(24)21-14-5-6-14/h4,7,10,12,14H,3,5-6,8-9,11H2,1-2H3,(H,21,24). The third kappa shape index (κ3) is 5.70. The molecule has 146 valence electrons. The number of ether oxygens (including phenoxy) is 1. The molecule has 1 amide bonds. The molecule has 3 rings (SSSR count). The molecule has 1 N–H and O–H groups in total. The fraction of sp³-hybridized carbons (Fsp3) is 0.526. The van der Waals surface area contributed by atoms with Gasteiger partial charge in [0.15, 0.2) is 5.16 Å². The second-order valence-electron chi connectivity index (χ2n) is 6.92. The molecule has 1 aromatic carbocycles. The van der Waals surface area contributed by atoms with E-state index >= 15 is 0 Å². The molecule has 1 aliphatic rings. The van der Waals surface area contributed by atoms with E-state index in [1.807, 2.05) is 13.8 Å². The molecule has 0 saturated heterocycles. The summed E-state index contributed by atoms with van der Waals surface area (Å²) in [5.41, 5.74) is 0.429. The number of aromatic nitrogens is 2. The van der Waals surface area contributed by atoms with Crippen LogP contribution in [0.2, 0.25) is 5.02 Å². The summed E-state index contributed by atoms with van der Waals surface area (Å²) in [4.78, 5) is 29.6. The molecule has 6 nitrogen and oxygen atoms in total. The highest BCUT2D eigenvalue weighted by molar-refractivity contribution is 7.99. The number of carbonyl (C=O) groups is 1. The van der Waals surface area contributed by atoms with Gasteiger partial charge in [-0.2, -0.15) is 0 Å². The second kappa shape index (κ2) is 9.08. The molecule has 0 spiro atoms. The summed E-state index contributed by atoms with van der Waals surface area (Å²) in [6.45, 7) is 5.01. The molecule has 1 saturated carbocycles. The summed E-state index contributed by atoms with van der Waals surface area (Å²) in [5, 5.41) is 4.54. The predicted molar refractivity (Wildman–Crippen MR) is 109 cm³/mol. The first-order chi connectivity index (χ1) is 12.9. The lowest BCUT2D eigenvalue weighted by Gasteiger charge is -2.14. The van der Waals surface area contributed by atoms with Crippen LogP contribution in [0.15, 0.2) is 28.2 Å². The number of hydrogen-bond acceptors (Lipinski definition) is 5. The number of halogens is 1. The summed E-state index contributed by atoms with van der Waals surface area (Å²) < 4.78 is 7.21. The molecule has 0 radical (unpaired) electrons. The molecule has 1 fully saturated rings. The molecular formula is C19H24ClN3O3S. The van der Waals surface area contributed by atoms with Crippen molar-refractivity contribution in [2.45, 2.75) is 57.0 Å². The van der Waals surface area contributed by atoms with Gasteiger partial charge in [0.25, 0.3) is 5.56 Å². The first-order valence-corrected chi connectivity index (χ1v) is 10.5. The fourth-order valence-electron chi connectivity index (χ4n) is 2.65. The smallest absolute Gasteiger partial charge is 0.262 e. The lowest BCUT2D eigenvalue weighted by atomic mass is 10.2. The topological polar surface area (TPSA) is 73.2 Å². The zero-order valence-electron chi connectivity index (χ0n) is 15.5. The predicted octanol–water partition coefficient (Wildman–Crippen LogP) is 3.24. The second-order valence-corrected chi connectivity index (χ2v) is 8.30. The van der Waals surface area contributed by atoms with Gasteiger partial charge >= 0.3 is 0 Å². The van der Waals surface area contributed by atoms with Crippen LogP contribution in [-0.4, -0.2) is 40.0 Å². The Balaban J connectivity index is 1.81. The molecule has 0 aliphatic heterocycles. The van der Waals surface area contributed by atoms with Crippen LogP contribution in [-0.2, 0) is 16.1 Å². The Kier molecular flexibility index (Phi) is 6.78. The molecule has 0 atom stereocenters. The molecule has 8 heteroatoms. The summed E-state index contributed by atoms with van der Waals surface area (Å²) >= 11 is 7.33. The van der Waals surface area contributed by atoms with Gasteiger partial charge in [0, 0.05) is 24.2 Å². The number of nitrogens with one attached hydrogen (secondary N) is 1. The fourth-order valence-corrected chi connectivity index (χ4v) is 3.65. The van der Waals surface area contributed by atoms with Crippen LogP contribution in [0.3, 0.4) is 0 Å². The van der Waals surface area contributed by atoms with Crippen LogP contribution in [0.5, 0.6) is 0 Å². The van der Waals surface area contributed by atoms with E-state index in [0.29, 0.717) is 46.7 Å². The van der Waals surface area contributed by atoms with Crippen molar-refractivity contribution in [3.63, 3.8) is 0 Å². The SMILES string of the molecule is CC(C)OCCCn1c(SCC(=O)NC2CC2)nc2cc(Cl)ccc2c1=O. The van der Waals surface area contributed by atoms with E-state index in [1.54, 1.807) is 22.8 Å². The van der Waals surface area contributed by atoms with Gasteiger partial charge in [-0.3, -0.25) is 14.2 Å². The zero-order chi connectivity index (χ0) is 19.4. The minimum absolute atomic E-state index is 0.0300. The Morgan fingerprint density at radius 1 is 1.44 bits per heavy atom. The average Bonchev–Trinajstić information content (AvgIpc) is 3.42. The van der Waals surface area contributed by atoms with Gasteiger partial charge in [0.05, 0.1) is 22.8 Å². The Labute approximate surface area is 167 Å². The molecule has 27 heavy (non-hydrogen) atoms. The molecule has 0 unspecified atom stereocenters. The number of fused-ring (bicyclic) bond motifs is 1. The molecule has 1 heterocycles. The van der Waals surface area contributed by atoms with E-state index in [2.05, 4.69) is 10.3 Å². The van der Waals surface area contributed by atoms with E-state index in [-0.39, 0.29) is 23.3 Å². The highest BCUT2D eigenvalue weighted by Crippen LogP contribution is 2.22. The molecule has 0 bridgehead atoms. The van der Waals surface area contributed by atoms with E-state index in [0.717, 1.165) is 12.8 Å². The molecule has 2 aromatic rings. The Bertz CT molecular complexity index is 880. The summed E-state index contributed by atoms with van der Waals surface area (Å²) in [6, 6.07) is 5.38. The average molecular weight is 410 g/mol. The van der Waals surface area contributed by atoms with Gasteiger partial charge in [-0.1, -0.05) is 23.4 Å². The first kappa shape index (κ1) is 20.2. The minimum atomic E-state index is -0.119. The van der Waals surface area contributed by atoms with Gasteiger partial charge < -0.3 is 10.1 Å². The van der Waals surface area contributed by atoms with Crippen LogP contribution in [0.4, 0.5) is 0 Å². The maximum atomic E-state index is 12.9. The highest BCUT2D eigenvalue weighted by Gasteiger charge is 2.23. The van der Waals surface area contributed by atoms with Crippen molar-refractivity contribution in [2.75, 3.05) is 12.4 Å². The van der Waals surface area contributed by atoms with E-state index < -0.39 is 0 Å². The van der Waals surface area contributed by atoms with E-state index in [4.69, 9.17) is 16.3 Å². The quantitative estimate of drug-likeness (QED) is 0.391. The number of nitrogens with zero attached hydrogens (tertiary/aromatic N) is 2. The Morgan fingerprint density at radius 3 is 2.93 bits per heavy atom. The third-order valence-corrected chi connectivity index (χ3v) is 5.35. The summed E-state index contributed by atoms with van der Waals surface area (Å²) in [7, 11) is 0. The number of benzene rings is 1. The maximum absolute atomic E-state index is 12.9. The largest absolute Gasteiger partial charge is 0.379 e. The van der Waals surface area contributed by atoms with Gasteiger partial charge in [-0.05, 0) is 51.3 Å². The van der Waals surface area contributed by atoms with Crippen LogP contribution < -0.4 is 10.9 Å². The van der Waals surface area contributed by atoms with Gasteiger partial charge in [-0.25, -0.2) is 4.98 Å². The maximum Gasteiger partial charge on any atom is 0.262 e. The minimum Gasteiger partial charge on any atom is -0.379 e. The van der Waals surface area contributed by atoms with Crippen molar-refractivity contribution in [3.8, 4) is 0 Å². The number of carbonyl (C=O) groups excluding carboxylic acids is 1. The van der Waals surface area contributed by atoms with Crippen molar-refractivity contribution in [3.05, 3.63) is 33.6 Å². The number of rotatable bonds is 9. The van der Waals surface area contributed by atoms with Gasteiger partial charge in [0.1, 0.15) is 0 Å². The molecular weight excluding hydrogens is 386 g/mol. The molecule has 1 aliphatic carbocycles. The van der Waals surface area contributed by atoms with Crippen LogP contribution in [0.1, 0.15) is 33.1 Å². The van der Waals surface area contributed by atoms with Crippen molar-refractivity contribution >= 4 is 40.2 Å². The van der Waals surface area contributed by atoms with E-state index in [1.165, 1.54) is 11.8 Å².